The van der Waals surface area contributed by atoms with Gasteiger partial charge in [-0.1, -0.05) is 6.92 Å². The van der Waals surface area contributed by atoms with Gasteiger partial charge in [0.1, 0.15) is 11.5 Å². The first-order valence-corrected chi connectivity index (χ1v) is 5.90. The van der Waals surface area contributed by atoms with Crippen molar-refractivity contribution < 1.29 is 9.18 Å². The molecule has 1 heterocycles. The van der Waals surface area contributed by atoms with Crippen molar-refractivity contribution in [3.63, 3.8) is 0 Å². The molecule has 0 aliphatic rings. The van der Waals surface area contributed by atoms with Gasteiger partial charge in [-0.15, -0.1) is 0 Å². The van der Waals surface area contributed by atoms with E-state index in [0.29, 0.717) is 11.4 Å². The summed E-state index contributed by atoms with van der Waals surface area (Å²) in [4.78, 5) is 12.0. The van der Waals surface area contributed by atoms with Crippen LogP contribution in [-0.4, -0.2) is 15.7 Å². The summed E-state index contributed by atoms with van der Waals surface area (Å²) in [6, 6.07) is 5.81. The fourth-order valence-electron chi connectivity index (χ4n) is 1.73. The average molecular weight is 262 g/mol. The molecule has 3 N–H and O–H groups in total. The summed E-state index contributed by atoms with van der Waals surface area (Å²) in [5.41, 5.74) is 7.05. The molecule has 6 heteroatoms. The number of nitrogens with two attached hydrogens (primary N) is 1. The van der Waals surface area contributed by atoms with Gasteiger partial charge in [0, 0.05) is 12.7 Å². The van der Waals surface area contributed by atoms with E-state index in [1.165, 1.54) is 16.8 Å². The van der Waals surface area contributed by atoms with Crippen molar-refractivity contribution in [2.24, 2.45) is 7.05 Å². The highest BCUT2D eigenvalue weighted by Crippen LogP contribution is 2.18. The second-order valence-electron chi connectivity index (χ2n) is 4.19. The Morgan fingerprint density at radius 1 is 1.47 bits per heavy atom. The Labute approximate surface area is 110 Å². The van der Waals surface area contributed by atoms with Crippen LogP contribution in [0.2, 0.25) is 0 Å². The first-order valence-electron chi connectivity index (χ1n) is 5.90. The summed E-state index contributed by atoms with van der Waals surface area (Å²) in [6.45, 7) is 1.95. The average Bonchev–Trinajstić information content (AvgIpc) is 2.74. The van der Waals surface area contributed by atoms with Gasteiger partial charge < -0.3 is 11.1 Å². The molecule has 1 aromatic carbocycles. The summed E-state index contributed by atoms with van der Waals surface area (Å²) >= 11 is 0. The number of hydrogen-bond donors (Lipinski definition) is 2. The fourth-order valence-corrected chi connectivity index (χ4v) is 1.73. The second kappa shape index (κ2) is 5.09. The number of nitrogens with zero attached hydrogens (tertiary/aromatic N) is 2. The molecule has 0 bridgehead atoms. The highest BCUT2D eigenvalue weighted by molar-refractivity contribution is 6.03. The number of carbonyl (C=O) groups is 1. The van der Waals surface area contributed by atoms with Crippen LogP contribution in [0.15, 0.2) is 24.3 Å². The highest BCUT2D eigenvalue weighted by atomic mass is 19.1. The van der Waals surface area contributed by atoms with Crippen LogP contribution in [0.1, 0.15) is 23.1 Å². The zero-order valence-corrected chi connectivity index (χ0v) is 10.8. The smallest absolute Gasteiger partial charge is 0.274 e. The topological polar surface area (TPSA) is 72.9 Å². The molecule has 2 rings (SSSR count). The SMILES string of the molecule is CCc1cc(C(=O)Nc2ccc(N)cc2F)n(C)n1. The van der Waals surface area contributed by atoms with Crippen molar-refractivity contribution in [1.29, 1.82) is 0 Å². The molecule has 0 spiro atoms. The number of nitrogen functional groups attached to an aromatic ring is 1. The van der Waals surface area contributed by atoms with Crippen molar-refractivity contribution in [2.75, 3.05) is 11.1 Å². The van der Waals surface area contributed by atoms with E-state index in [2.05, 4.69) is 10.4 Å². The maximum atomic E-state index is 13.6. The Morgan fingerprint density at radius 3 is 2.79 bits per heavy atom. The van der Waals surface area contributed by atoms with Gasteiger partial charge >= 0.3 is 0 Å². The number of aryl methyl sites for hydroxylation is 2. The van der Waals surface area contributed by atoms with E-state index in [1.807, 2.05) is 6.92 Å². The van der Waals surface area contributed by atoms with Gasteiger partial charge in [0.25, 0.3) is 5.91 Å². The quantitative estimate of drug-likeness (QED) is 0.830. The summed E-state index contributed by atoms with van der Waals surface area (Å²) < 4.78 is 15.1. The third-order valence-electron chi connectivity index (χ3n) is 2.77. The van der Waals surface area contributed by atoms with Crippen LogP contribution in [0.25, 0.3) is 0 Å². The zero-order chi connectivity index (χ0) is 14.0. The van der Waals surface area contributed by atoms with Crippen LogP contribution >= 0.6 is 0 Å². The number of anilines is 2. The highest BCUT2D eigenvalue weighted by Gasteiger charge is 2.14. The molecule has 0 aliphatic carbocycles. The number of halogens is 1. The Kier molecular flexibility index (Phi) is 3.50. The van der Waals surface area contributed by atoms with Crippen LogP contribution in [0.4, 0.5) is 15.8 Å². The van der Waals surface area contributed by atoms with E-state index in [0.717, 1.165) is 18.2 Å². The van der Waals surface area contributed by atoms with Crippen LogP contribution < -0.4 is 11.1 Å². The molecule has 0 saturated carbocycles. The summed E-state index contributed by atoms with van der Waals surface area (Å²) in [5.74, 6) is -0.968. The van der Waals surface area contributed by atoms with Crippen molar-refractivity contribution >= 4 is 17.3 Å². The molecule has 0 aliphatic heterocycles. The van der Waals surface area contributed by atoms with Gasteiger partial charge in [0.15, 0.2) is 0 Å². The molecule has 1 amide bonds. The third kappa shape index (κ3) is 2.73. The number of hydrogen-bond acceptors (Lipinski definition) is 3. The van der Waals surface area contributed by atoms with Crippen LogP contribution in [0, 0.1) is 5.82 Å². The Balaban J connectivity index is 2.23. The molecule has 0 saturated heterocycles. The molecule has 5 nitrogen and oxygen atoms in total. The van der Waals surface area contributed by atoms with E-state index in [-0.39, 0.29) is 5.69 Å². The molecule has 0 atom stereocenters. The van der Waals surface area contributed by atoms with Crippen molar-refractivity contribution in [1.82, 2.24) is 9.78 Å². The lowest BCUT2D eigenvalue weighted by Crippen LogP contribution is -2.16. The molecule has 19 heavy (non-hydrogen) atoms. The standard InChI is InChI=1S/C13H15FN4O/c1-3-9-7-12(18(2)17-9)13(19)16-11-5-4-8(15)6-10(11)14/h4-7H,3,15H2,1-2H3,(H,16,19). The van der Waals surface area contributed by atoms with E-state index in [4.69, 9.17) is 5.73 Å². The minimum atomic E-state index is -0.564. The Morgan fingerprint density at radius 2 is 2.21 bits per heavy atom. The fraction of sp³-hybridized carbons (Fsp3) is 0.231. The number of nitrogens with one attached hydrogen (secondary N) is 1. The first-order chi connectivity index (χ1) is 9.01. The third-order valence-corrected chi connectivity index (χ3v) is 2.77. The first kappa shape index (κ1) is 13.1. The van der Waals surface area contributed by atoms with E-state index < -0.39 is 11.7 Å². The predicted octanol–water partition coefficient (Wildman–Crippen LogP) is 1.96. The van der Waals surface area contributed by atoms with Crippen LogP contribution in [0.5, 0.6) is 0 Å². The van der Waals surface area contributed by atoms with E-state index in [1.54, 1.807) is 13.1 Å². The minimum absolute atomic E-state index is 0.0958. The Hall–Kier alpha value is -2.37. The minimum Gasteiger partial charge on any atom is -0.399 e. The predicted molar refractivity (Wildman–Crippen MR) is 71.4 cm³/mol. The van der Waals surface area contributed by atoms with Gasteiger partial charge in [-0.3, -0.25) is 9.48 Å². The summed E-state index contributed by atoms with van der Waals surface area (Å²) in [7, 11) is 1.67. The maximum Gasteiger partial charge on any atom is 0.274 e. The van der Waals surface area contributed by atoms with Gasteiger partial charge in [-0.25, -0.2) is 4.39 Å². The molecule has 1 aromatic heterocycles. The summed E-state index contributed by atoms with van der Waals surface area (Å²) in [5, 5.41) is 6.67. The number of amides is 1. The van der Waals surface area contributed by atoms with Gasteiger partial charge in [0.2, 0.25) is 0 Å². The normalized spacial score (nSPS) is 10.5. The van der Waals surface area contributed by atoms with Gasteiger partial charge in [-0.05, 0) is 30.7 Å². The van der Waals surface area contributed by atoms with Crippen molar-refractivity contribution in [2.45, 2.75) is 13.3 Å². The lowest BCUT2D eigenvalue weighted by molar-refractivity contribution is 0.101. The van der Waals surface area contributed by atoms with E-state index in [9.17, 15) is 9.18 Å². The number of rotatable bonds is 3. The number of benzene rings is 1. The monoisotopic (exact) mass is 262 g/mol. The molecule has 100 valence electrons. The summed E-state index contributed by atoms with van der Waals surface area (Å²) in [6.07, 6.45) is 0.733. The van der Waals surface area contributed by atoms with Crippen LogP contribution in [-0.2, 0) is 13.5 Å². The maximum absolute atomic E-state index is 13.6. The second-order valence-corrected chi connectivity index (χ2v) is 4.19. The molecular formula is C13H15FN4O. The largest absolute Gasteiger partial charge is 0.399 e. The van der Waals surface area contributed by atoms with Gasteiger partial charge in [-0.2, -0.15) is 5.10 Å². The lowest BCUT2D eigenvalue weighted by atomic mass is 10.2. The molecular weight excluding hydrogens is 247 g/mol. The lowest BCUT2D eigenvalue weighted by Gasteiger charge is -2.06. The number of aromatic nitrogens is 2. The molecule has 0 fully saturated rings. The zero-order valence-electron chi connectivity index (χ0n) is 10.8. The molecule has 2 aromatic rings. The Bertz CT molecular complexity index is 621. The van der Waals surface area contributed by atoms with Gasteiger partial charge in [0.05, 0.1) is 11.4 Å². The van der Waals surface area contributed by atoms with Crippen molar-refractivity contribution in [3.05, 3.63) is 41.5 Å². The van der Waals surface area contributed by atoms with Crippen molar-refractivity contribution in [3.8, 4) is 0 Å². The molecule has 0 unspecified atom stereocenters. The van der Waals surface area contributed by atoms with Crippen LogP contribution in [0.3, 0.4) is 0 Å². The molecule has 0 radical (unpaired) electrons. The van der Waals surface area contributed by atoms with E-state index >= 15 is 0 Å². The number of carbonyl (C=O) groups excluding carboxylic acids is 1.